The number of fused-ring (bicyclic) bond motifs is 2. The van der Waals surface area contributed by atoms with Crippen LogP contribution in [0.3, 0.4) is 0 Å². The van der Waals surface area contributed by atoms with E-state index in [4.69, 9.17) is 4.42 Å². The third kappa shape index (κ3) is 2.05. The van der Waals surface area contributed by atoms with Gasteiger partial charge in [-0.3, -0.25) is 4.79 Å². The predicted molar refractivity (Wildman–Crippen MR) is 82.8 cm³/mol. The normalized spacial score (nSPS) is 13.0. The Kier molecular flexibility index (Phi) is 2.67. The molecule has 1 aliphatic heterocycles. The maximum Gasteiger partial charge on any atom is 0.259 e. The summed E-state index contributed by atoms with van der Waals surface area (Å²) in [6.45, 7) is 0.957. The molecule has 0 radical (unpaired) electrons. The average Bonchev–Trinajstić information content (AvgIpc) is 3.13. The molecule has 0 saturated carbocycles. The van der Waals surface area contributed by atoms with Crippen molar-refractivity contribution < 1.29 is 9.21 Å². The fourth-order valence-electron chi connectivity index (χ4n) is 2.73. The molecule has 1 amide bonds. The van der Waals surface area contributed by atoms with Crippen LogP contribution in [0.5, 0.6) is 0 Å². The van der Waals surface area contributed by atoms with Crippen molar-refractivity contribution >= 4 is 28.3 Å². The fourth-order valence-corrected chi connectivity index (χ4v) is 2.73. The van der Waals surface area contributed by atoms with Crippen LogP contribution in [0.15, 0.2) is 53.1 Å². The summed E-state index contributed by atoms with van der Waals surface area (Å²) in [7, 11) is 0. The van der Waals surface area contributed by atoms with Crippen LogP contribution in [0.4, 0.5) is 11.4 Å². The summed E-state index contributed by atoms with van der Waals surface area (Å²) in [5, 5.41) is 7.08. The van der Waals surface area contributed by atoms with E-state index in [1.54, 1.807) is 0 Å². The van der Waals surface area contributed by atoms with E-state index < -0.39 is 0 Å². The zero-order valence-corrected chi connectivity index (χ0v) is 11.3. The lowest BCUT2D eigenvalue weighted by atomic mass is 10.1. The van der Waals surface area contributed by atoms with Gasteiger partial charge in [-0.25, -0.2) is 0 Å². The molecule has 2 N–H and O–H groups in total. The van der Waals surface area contributed by atoms with Gasteiger partial charge in [-0.15, -0.1) is 0 Å². The number of nitrogens with one attached hydrogen (secondary N) is 2. The molecular formula is C17H14N2O2. The highest BCUT2D eigenvalue weighted by atomic mass is 16.3. The number of carbonyl (C=O) groups is 1. The van der Waals surface area contributed by atoms with Crippen LogP contribution in [-0.4, -0.2) is 12.5 Å². The molecular weight excluding hydrogens is 264 g/mol. The van der Waals surface area contributed by atoms with Gasteiger partial charge < -0.3 is 15.1 Å². The molecule has 1 aliphatic rings. The quantitative estimate of drug-likeness (QED) is 0.752. The van der Waals surface area contributed by atoms with Crippen molar-refractivity contribution in [1.82, 2.24) is 0 Å². The second kappa shape index (κ2) is 4.66. The largest absolute Gasteiger partial charge is 0.463 e. The summed E-state index contributed by atoms with van der Waals surface area (Å²) in [6, 6.07) is 13.5. The van der Waals surface area contributed by atoms with Gasteiger partial charge in [0.15, 0.2) is 0 Å². The van der Waals surface area contributed by atoms with Crippen molar-refractivity contribution in [3.63, 3.8) is 0 Å². The molecule has 0 aliphatic carbocycles. The summed E-state index contributed by atoms with van der Waals surface area (Å²) < 4.78 is 5.41. The van der Waals surface area contributed by atoms with E-state index in [0.29, 0.717) is 5.56 Å². The average molecular weight is 278 g/mol. The minimum Gasteiger partial charge on any atom is -0.463 e. The molecule has 4 heteroatoms. The van der Waals surface area contributed by atoms with Crippen LogP contribution in [0, 0.1) is 0 Å². The third-order valence-electron chi connectivity index (χ3n) is 3.80. The molecule has 0 unspecified atom stereocenters. The number of benzene rings is 2. The SMILES string of the molecule is O=C(Nc1ccc2c(c1)CCN2)c1coc2ccccc12. The summed E-state index contributed by atoms with van der Waals surface area (Å²) >= 11 is 0. The summed E-state index contributed by atoms with van der Waals surface area (Å²) in [6.07, 6.45) is 2.50. The molecule has 0 fully saturated rings. The van der Waals surface area contributed by atoms with Crippen LogP contribution in [0.2, 0.25) is 0 Å². The van der Waals surface area contributed by atoms with E-state index in [-0.39, 0.29) is 5.91 Å². The maximum atomic E-state index is 12.4. The molecule has 0 atom stereocenters. The zero-order valence-electron chi connectivity index (χ0n) is 11.3. The Hall–Kier alpha value is -2.75. The first kappa shape index (κ1) is 12.0. The zero-order chi connectivity index (χ0) is 14.2. The van der Waals surface area contributed by atoms with Crippen molar-refractivity contribution in [2.75, 3.05) is 17.2 Å². The standard InChI is InChI=1S/C17H14N2O2/c20-17(14-10-21-16-4-2-1-3-13(14)16)19-12-5-6-15-11(9-12)7-8-18-15/h1-6,9-10,18H,7-8H2,(H,19,20). The summed E-state index contributed by atoms with van der Waals surface area (Å²) in [5.74, 6) is -0.147. The van der Waals surface area contributed by atoms with Crippen molar-refractivity contribution in [2.24, 2.45) is 0 Å². The minimum absolute atomic E-state index is 0.147. The summed E-state index contributed by atoms with van der Waals surface area (Å²) in [4.78, 5) is 12.4. The number of amides is 1. The molecule has 1 aromatic heterocycles. The Labute approximate surface area is 121 Å². The number of hydrogen-bond donors (Lipinski definition) is 2. The lowest BCUT2D eigenvalue weighted by Crippen LogP contribution is -2.11. The first-order chi connectivity index (χ1) is 10.3. The molecule has 4 rings (SSSR count). The van der Waals surface area contributed by atoms with Crippen LogP contribution in [0.1, 0.15) is 15.9 Å². The molecule has 2 heterocycles. The molecule has 104 valence electrons. The van der Waals surface area contributed by atoms with Crippen LogP contribution in [0.25, 0.3) is 11.0 Å². The Bertz CT molecular complexity index is 836. The van der Waals surface area contributed by atoms with E-state index in [2.05, 4.69) is 10.6 Å². The van der Waals surface area contributed by atoms with Crippen LogP contribution >= 0.6 is 0 Å². The van der Waals surface area contributed by atoms with E-state index in [9.17, 15) is 4.79 Å². The van der Waals surface area contributed by atoms with Crippen molar-refractivity contribution in [3.8, 4) is 0 Å². The van der Waals surface area contributed by atoms with E-state index >= 15 is 0 Å². The van der Waals surface area contributed by atoms with Crippen molar-refractivity contribution in [2.45, 2.75) is 6.42 Å². The third-order valence-corrected chi connectivity index (χ3v) is 3.80. The first-order valence-electron chi connectivity index (χ1n) is 6.96. The molecule has 21 heavy (non-hydrogen) atoms. The summed E-state index contributed by atoms with van der Waals surface area (Å²) in [5.41, 5.74) is 4.49. The highest BCUT2D eigenvalue weighted by Crippen LogP contribution is 2.26. The number of anilines is 2. The number of rotatable bonds is 2. The van der Waals surface area contributed by atoms with Gasteiger partial charge in [0, 0.05) is 23.3 Å². The van der Waals surface area contributed by atoms with E-state index in [0.717, 1.165) is 35.3 Å². The van der Waals surface area contributed by atoms with Gasteiger partial charge in [0.05, 0.1) is 5.56 Å². The van der Waals surface area contributed by atoms with Crippen LogP contribution < -0.4 is 10.6 Å². The van der Waals surface area contributed by atoms with Crippen LogP contribution in [-0.2, 0) is 6.42 Å². The van der Waals surface area contributed by atoms with E-state index in [1.807, 2.05) is 42.5 Å². The van der Waals surface area contributed by atoms with E-state index in [1.165, 1.54) is 11.8 Å². The molecule has 4 nitrogen and oxygen atoms in total. The Morgan fingerprint density at radius 1 is 1.19 bits per heavy atom. The van der Waals surface area contributed by atoms with Gasteiger partial charge >= 0.3 is 0 Å². The molecule has 2 aromatic carbocycles. The Morgan fingerprint density at radius 2 is 2.10 bits per heavy atom. The fraction of sp³-hybridized carbons (Fsp3) is 0.118. The van der Waals surface area contributed by atoms with Gasteiger partial charge in [-0.2, -0.15) is 0 Å². The number of furan rings is 1. The topological polar surface area (TPSA) is 54.3 Å². The van der Waals surface area contributed by atoms with Crippen molar-refractivity contribution in [3.05, 3.63) is 59.9 Å². The predicted octanol–water partition coefficient (Wildman–Crippen LogP) is 3.65. The Morgan fingerprint density at radius 3 is 3.05 bits per heavy atom. The number of para-hydroxylation sites is 1. The lowest BCUT2D eigenvalue weighted by molar-refractivity contribution is 0.102. The molecule has 0 spiro atoms. The highest BCUT2D eigenvalue weighted by Gasteiger charge is 2.15. The highest BCUT2D eigenvalue weighted by molar-refractivity contribution is 6.12. The molecule has 0 saturated heterocycles. The molecule has 0 bridgehead atoms. The van der Waals surface area contributed by atoms with Gasteiger partial charge in [-0.1, -0.05) is 18.2 Å². The van der Waals surface area contributed by atoms with Crippen molar-refractivity contribution in [1.29, 1.82) is 0 Å². The maximum absolute atomic E-state index is 12.4. The lowest BCUT2D eigenvalue weighted by Gasteiger charge is -2.06. The monoisotopic (exact) mass is 278 g/mol. The van der Waals surface area contributed by atoms with Gasteiger partial charge in [-0.05, 0) is 36.2 Å². The molecule has 3 aromatic rings. The second-order valence-corrected chi connectivity index (χ2v) is 5.15. The minimum atomic E-state index is -0.147. The second-order valence-electron chi connectivity index (χ2n) is 5.15. The first-order valence-corrected chi connectivity index (χ1v) is 6.96. The Balaban J connectivity index is 1.63. The van der Waals surface area contributed by atoms with Gasteiger partial charge in [0.1, 0.15) is 11.8 Å². The number of hydrogen-bond acceptors (Lipinski definition) is 3. The smallest absolute Gasteiger partial charge is 0.259 e. The van der Waals surface area contributed by atoms with Gasteiger partial charge in [0.2, 0.25) is 0 Å². The number of carbonyl (C=O) groups excluding carboxylic acids is 1. The van der Waals surface area contributed by atoms with Gasteiger partial charge in [0.25, 0.3) is 5.91 Å².